The number of aromatic nitrogens is 2. The predicted molar refractivity (Wildman–Crippen MR) is 62.5 cm³/mol. The Morgan fingerprint density at radius 1 is 1.53 bits per heavy atom. The average Bonchev–Trinajstić information content (AvgIpc) is 2.93. The summed E-state index contributed by atoms with van der Waals surface area (Å²) >= 11 is 0. The number of aryl methyl sites for hydroxylation is 2. The van der Waals surface area contributed by atoms with Crippen LogP contribution in [0.25, 0.3) is 0 Å². The van der Waals surface area contributed by atoms with Crippen molar-refractivity contribution >= 4 is 5.82 Å². The molecule has 0 atom stereocenters. The Kier molecular flexibility index (Phi) is 2.49. The molecule has 1 heterocycles. The van der Waals surface area contributed by atoms with Gasteiger partial charge >= 0.3 is 0 Å². The van der Waals surface area contributed by atoms with Gasteiger partial charge in [0.05, 0.1) is 0 Å². The van der Waals surface area contributed by atoms with Gasteiger partial charge in [-0.25, -0.2) is 0 Å². The van der Waals surface area contributed by atoms with Gasteiger partial charge in [-0.1, -0.05) is 13.8 Å². The van der Waals surface area contributed by atoms with E-state index in [0.29, 0.717) is 11.2 Å². The van der Waals surface area contributed by atoms with Gasteiger partial charge in [-0.3, -0.25) is 4.68 Å². The van der Waals surface area contributed by atoms with E-state index >= 15 is 0 Å². The summed E-state index contributed by atoms with van der Waals surface area (Å²) in [4.78, 5) is 0. The molecule has 1 aliphatic rings. The SMILES string of the molecule is Cc1cn(CCC(C)(C)C2CC2)nc1N. The van der Waals surface area contributed by atoms with Crippen molar-refractivity contribution in [2.45, 2.75) is 46.6 Å². The number of rotatable bonds is 4. The van der Waals surface area contributed by atoms with E-state index in [9.17, 15) is 0 Å². The van der Waals surface area contributed by atoms with Gasteiger partial charge in [-0.2, -0.15) is 5.10 Å². The molecule has 1 aromatic rings. The number of nitrogens with two attached hydrogens (primary N) is 1. The highest BCUT2D eigenvalue weighted by Gasteiger charge is 2.37. The maximum atomic E-state index is 5.72. The topological polar surface area (TPSA) is 43.8 Å². The zero-order chi connectivity index (χ0) is 11.1. The van der Waals surface area contributed by atoms with Crippen LogP contribution in [0.5, 0.6) is 0 Å². The van der Waals surface area contributed by atoms with E-state index in [4.69, 9.17) is 5.73 Å². The van der Waals surface area contributed by atoms with E-state index in [1.54, 1.807) is 0 Å². The lowest BCUT2D eigenvalue weighted by molar-refractivity contribution is 0.262. The number of anilines is 1. The van der Waals surface area contributed by atoms with Crippen LogP contribution >= 0.6 is 0 Å². The highest BCUT2D eigenvalue weighted by molar-refractivity contribution is 5.35. The van der Waals surface area contributed by atoms with Gasteiger partial charge in [0.1, 0.15) is 5.82 Å². The second kappa shape index (κ2) is 3.54. The minimum Gasteiger partial charge on any atom is -0.382 e. The van der Waals surface area contributed by atoms with Crippen LogP contribution in [0.1, 0.15) is 38.7 Å². The molecule has 1 saturated carbocycles. The second-order valence-corrected chi connectivity index (χ2v) is 5.47. The Morgan fingerprint density at radius 2 is 2.20 bits per heavy atom. The molecular weight excluding hydrogens is 186 g/mol. The molecule has 2 N–H and O–H groups in total. The number of hydrogen-bond donors (Lipinski definition) is 1. The van der Waals surface area contributed by atoms with E-state index < -0.39 is 0 Å². The van der Waals surface area contributed by atoms with Gasteiger partial charge in [0, 0.05) is 18.3 Å². The van der Waals surface area contributed by atoms with Gasteiger partial charge in [-0.05, 0) is 37.5 Å². The fourth-order valence-electron chi connectivity index (χ4n) is 2.12. The summed E-state index contributed by atoms with van der Waals surface area (Å²) < 4.78 is 1.98. The normalized spacial score (nSPS) is 17.0. The highest BCUT2D eigenvalue weighted by atomic mass is 15.3. The Bertz CT molecular complexity index is 328. The summed E-state index contributed by atoms with van der Waals surface area (Å²) in [6.07, 6.45) is 6.05. The fraction of sp³-hybridized carbons (Fsp3) is 0.750. The molecule has 0 aliphatic heterocycles. The average molecular weight is 207 g/mol. The first-order valence-corrected chi connectivity index (χ1v) is 5.78. The number of hydrogen-bond acceptors (Lipinski definition) is 2. The number of nitrogen functional groups attached to an aromatic ring is 1. The van der Waals surface area contributed by atoms with Crippen molar-refractivity contribution in [3.8, 4) is 0 Å². The molecule has 1 fully saturated rings. The minimum atomic E-state index is 0.467. The first kappa shape index (κ1) is 10.5. The zero-order valence-corrected chi connectivity index (χ0v) is 9.95. The third kappa shape index (κ3) is 2.33. The van der Waals surface area contributed by atoms with Gasteiger partial charge in [0.15, 0.2) is 0 Å². The molecule has 0 spiro atoms. The molecule has 2 rings (SSSR count). The Labute approximate surface area is 91.7 Å². The summed E-state index contributed by atoms with van der Waals surface area (Å²) in [5.74, 6) is 1.60. The summed E-state index contributed by atoms with van der Waals surface area (Å²) in [6, 6.07) is 0. The first-order valence-electron chi connectivity index (χ1n) is 5.78. The smallest absolute Gasteiger partial charge is 0.148 e. The largest absolute Gasteiger partial charge is 0.382 e. The van der Waals surface area contributed by atoms with Crippen LogP contribution in [0, 0.1) is 18.3 Å². The molecule has 1 aromatic heterocycles. The molecule has 84 valence electrons. The van der Waals surface area contributed by atoms with Gasteiger partial charge < -0.3 is 5.73 Å². The molecule has 3 nitrogen and oxygen atoms in total. The summed E-state index contributed by atoms with van der Waals surface area (Å²) in [5.41, 5.74) is 7.27. The monoisotopic (exact) mass is 207 g/mol. The quantitative estimate of drug-likeness (QED) is 0.824. The molecule has 0 radical (unpaired) electrons. The maximum absolute atomic E-state index is 5.72. The third-order valence-corrected chi connectivity index (χ3v) is 3.65. The summed E-state index contributed by atoms with van der Waals surface area (Å²) in [6.45, 7) is 7.72. The fourth-order valence-corrected chi connectivity index (χ4v) is 2.12. The van der Waals surface area contributed by atoms with Crippen LogP contribution < -0.4 is 5.73 Å². The molecule has 1 aliphatic carbocycles. The van der Waals surface area contributed by atoms with Crippen LogP contribution in [0.15, 0.2) is 6.20 Å². The summed E-state index contributed by atoms with van der Waals surface area (Å²) in [5, 5.41) is 4.29. The van der Waals surface area contributed by atoms with Crippen molar-refractivity contribution in [3.05, 3.63) is 11.8 Å². The first-order chi connectivity index (χ1) is 6.99. The summed E-state index contributed by atoms with van der Waals surface area (Å²) in [7, 11) is 0. The third-order valence-electron chi connectivity index (χ3n) is 3.65. The van der Waals surface area contributed by atoms with Crippen molar-refractivity contribution in [1.82, 2.24) is 9.78 Å². The Hall–Kier alpha value is -0.990. The van der Waals surface area contributed by atoms with Crippen LogP contribution in [-0.2, 0) is 6.54 Å². The van der Waals surface area contributed by atoms with E-state index in [0.717, 1.165) is 18.0 Å². The van der Waals surface area contributed by atoms with Crippen LogP contribution in [0.3, 0.4) is 0 Å². The van der Waals surface area contributed by atoms with Crippen LogP contribution in [0.4, 0.5) is 5.82 Å². The van der Waals surface area contributed by atoms with E-state index in [-0.39, 0.29) is 0 Å². The van der Waals surface area contributed by atoms with Gasteiger partial charge in [0.25, 0.3) is 0 Å². The van der Waals surface area contributed by atoms with Crippen LogP contribution in [0.2, 0.25) is 0 Å². The molecule has 0 unspecified atom stereocenters. The maximum Gasteiger partial charge on any atom is 0.148 e. The lowest BCUT2D eigenvalue weighted by Gasteiger charge is -2.23. The minimum absolute atomic E-state index is 0.467. The molecule has 0 bridgehead atoms. The second-order valence-electron chi connectivity index (χ2n) is 5.47. The van der Waals surface area contributed by atoms with E-state index in [1.807, 2.05) is 17.8 Å². The highest BCUT2D eigenvalue weighted by Crippen LogP contribution is 2.47. The Balaban J connectivity index is 1.92. The lowest BCUT2D eigenvalue weighted by atomic mass is 9.84. The molecule has 0 saturated heterocycles. The lowest BCUT2D eigenvalue weighted by Crippen LogP contribution is -2.17. The molecular formula is C12H21N3. The van der Waals surface area contributed by atoms with Crippen molar-refractivity contribution in [2.24, 2.45) is 11.3 Å². The van der Waals surface area contributed by atoms with Crippen molar-refractivity contribution in [2.75, 3.05) is 5.73 Å². The predicted octanol–water partition coefficient (Wildman–Crippen LogP) is 2.60. The molecule has 15 heavy (non-hydrogen) atoms. The van der Waals surface area contributed by atoms with Crippen molar-refractivity contribution in [3.63, 3.8) is 0 Å². The molecule has 3 heteroatoms. The molecule has 0 aromatic carbocycles. The zero-order valence-electron chi connectivity index (χ0n) is 9.95. The van der Waals surface area contributed by atoms with Crippen molar-refractivity contribution in [1.29, 1.82) is 0 Å². The van der Waals surface area contributed by atoms with Crippen LogP contribution in [-0.4, -0.2) is 9.78 Å². The molecule has 0 amide bonds. The van der Waals surface area contributed by atoms with Gasteiger partial charge in [-0.15, -0.1) is 0 Å². The van der Waals surface area contributed by atoms with Gasteiger partial charge in [0.2, 0.25) is 0 Å². The standard InChI is InChI=1S/C12H21N3/c1-9-8-15(14-11(9)13)7-6-12(2,3)10-4-5-10/h8,10H,4-7H2,1-3H3,(H2,13,14). The van der Waals surface area contributed by atoms with E-state index in [1.165, 1.54) is 19.3 Å². The van der Waals surface area contributed by atoms with E-state index in [2.05, 4.69) is 18.9 Å². The number of nitrogens with zero attached hydrogens (tertiary/aromatic N) is 2. The van der Waals surface area contributed by atoms with Crippen molar-refractivity contribution < 1.29 is 0 Å². The Morgan fingerprint density at radius 3 is 2.67 bits per heavy atom.